The number of carbonyl (C=O) groups is 1. The van der Waals surface area contributed by atoms with E-state index >= 15 is 0 Å². The minimum Gasteiger partial charge on any atom is -0.396 e. The maximum absolute atomic E-state index is 13.8. The summed E-state index contributed by atoms with van der Waals surface area (Å²) in [6.07, 6.45) is 3.21. The largest absolute Gasteiger partial charge is 0.396 e. The second kappa shape index (κ2) is 8.19. The summed E-state index contributed by atoms with van der Waals surface area (Å²) in [5, 5.41) is 13.3. The van der Waals surface area contributed by atoms with Gasteiger partial charge in [0, 0.05) is 32.1 Å². The van der Waals surface area contributed by atoms with Crippen LogP contribution in [-0.4, -0.2) is 61.4 Å². The van der Waals surface area contributed by atoms with Crippen LogP contribution in [0.15, 0.2) is 36.4 Å². The fourth-order valence-corrected chi connectivity index (χ4v) is 5.56. The Labute approximate surface area is 186 Å². The van der Waals surface area contributed by atoms with Gasteiger partial charge in [-0.2, -0.15) is 18.2 Å². The summed E-state index contributed by atoms with van der Waals surface area (Å²) >= 11 is 0. The third-order valence-electron chi connectivity index (χ3n) is 7.07. The molecule has 0 bridgehead atoms. The van der Waals surface area contributed by atoms with Crippen LogP contribution in [0, 0.1) is 29.6 Å². The summed E-state index contributed by atoms with van der Waals surface area (Å²) < 4.78 is 55.6. The van der Waals surface area contributed by atoms with Gasteiger partial charge >= 0.3 is 6.18 Å². The SMILES string of the molecule is O=C(c1nc2ncc(CCO)cn2n1)N1C[C@H]2C[C@@H](C3C=C(F)C=CC3C(F)(F)F)C[C@H]2C1. The molecule has 5 rings (SSSR count). The van der Waals surface area contributed by atoms with Crippen LogP contribution < -0.4 is 0 Å². The number of aliphatic hydroxyl groups excluding tert-OH is 1. The Morgan fingerprint density at radius 3 is 2.58 bits per heavy atom. The zero-order valence-corrected chi connectivity index (χ0v) is 17.6. The van der Waals surface area contributed by atoms with Crippen molar-refractivity contribution in [3.8, 4) is 0 Å². The van der Waals surface area contributed by atoms with E-state index in [0.717, 1.165) is 23.8 Å². The van der Waals surface area contributed by atoms with Crippen molar-refractivity contribution in [2.24, 2.45) is 29.6 Å². The topological polar surface area (TPSA) is 83.6 Å². The molecule has 3 aliphatic rings. The minimum atomic E-state index is -4.42. The Kier molecular flexibility index (Phi) is 5.46. The van der Waals surface area contributed by atoms with Gasteiger partial charge in [-0.3, -0.25) is 4.79 Å². The Morgan fingerprint density at radius 2 is 1.91 bits per heavy atom. The van der Waals surface area contributed by atoms with Crippen LogP contribution in [0.4, 0.5) is 17.6 Å². The van der Waals surface area contributed by atoms with Gasteiger partial charge in [0.05, 0.1) is 5.92 Å². The van der Waals surface area contributed by atoms with Gasteiger partial charge in [0.2, 0.25) is 5.82 Å². The van der Waals surface area contributed by atoms with Gasteiger partial charge in [-0.15, -0.1) is 5.10 Å². The zero-order chi connectivity index (χ0) is 23.3. The van der Waals surface area contributed by atoms with Crippen molar-refractivity contribution in [2.45, 2.75) is 25.4 Å². The fraction of sp³-hybridized carbons (Fsp3) is 0.545. The molecule has 2 aromatic rings. The van der Waals surface area contributed by atoms with E-state index < -0.39 is 23.8 Å². The van der Waals surface area contributed by atoms with Crippen LogP contribution in [-0.2, 0) is 6.42 Å². The summed E-state index contributed by atoms with van der Waals surface area (Å²) in [6.45, 7) is 0.808. The molecule has 1 saturated carbocycles. The molecule has 7 nitrogen and oxygen atoms in total. The predicted molar refractivity (Wildman–Crippen MR) is 109 cm³/mol. The molecule has 3 heterocycles. The summed E-state index contributed by atoms with van der Waals surface area (Å²) in [6, 6.07) is 0. The highest BCUT2D eigenvalue weighted by Gasteiger charge is 2.51. The molecule has 2 aliphatic carbocycles. The van der Waals surface area contributed by atoms with E-state index in [1.165, 1.54) is 4.52 Å². The Hall–Kier alpha value is -2.82. The summed E-state index contributed by atoms with van der Waals surface area (Å²) in [5.41, 5.74) is 0.760. The number of carbonyl (C=O) groups excluding carboxylic acids is 1. The highest BCUT2D eigenvalue weighted by Crippen LogP contribution is 2.50. The highest BCUT2D eigenvalue weighted by atomic mass is 19.4. The van der Waals surface area contributed by atoms with Gasteiger partial charge < -0.3 is 10.0 Å². The molecule has 0 aromatic carbocycles. The molecule has 0 radical (unpaired) electrons. The number of hydrogen-bond acceptors (Lipinski definition) is 5. The number of allylic oxidation sites excluding steroid dienone is 4. The van der Waals surface area contributed by atoms with Crippen molar-refractivity contribution in [3.05, 3.63) is 47.8 Å². The molecule has 11 heteroatoms. The van der Waals surface area contributed by atoms with Gasteiger partial charge in [-0.25, -0.2) is 13.9 Å². The second-order valence-corrected chi connectivity index (χ2v) is 9.13. The lowest BCUT2D eigenvalue weighted by molar-refractivity contribution is -0.174. The number of aliphatic hydroxyl groups is 1. The van der Waals surface area contributed by atoms with Crippen LogP contribution >= 0.6 is 0 Å². The average molecular weight is 465 g/mol. The molecule has 1 amide bonds. The molecule has 33 heavy (non-hydrogen) atoms. The lowest BCUT2D eigenvalue weighted by atomic mass is 9.77. The number of halogens is 4. The number of aromatic nitrogens is 4. The molecular formula is C22H23F4N5O2. The summed E-state index contributed by atoms with van der Waals surface area (Å²) in [7, 11) is 0. The minimum absolute atomic E-state index is 0.0136. The molecule has 5 atom stereocenters. The molecule has 2 fully saturated rings. The quantitative estimate of drug-likeness (QED) is 0.702. The number of rotatable bonds is 4. The summed E-state index contributed by atoms with van der Waals surface area (Å²) in [5.74, 6) is -3.40. The molecule has 0 spiro atoms. The van der Waals surface area contributed by atoms with Crippen molar-refractivity contribution in [2.75, 3.05) is 19.7 Å². The number of hydrogen-bond donors (Lipinski definition) is 1. The van der Waals surface area contributed by atoms with Crippen LogP contribution in [0.1, 0.15) is 29.0 Å². The lowest BCUT2D eigenvalue weighted by Gasteiger charge is -2.32. The Bertz CT molecular complexity index is 1110. The van der Waals surface area contributed by atoms with E-state index in [9.17, 15) is 22.4 Å². The maximum Gasteiger partial charge on any atom is 0.395 e. The van der Waals surface area contributed by atoms with Crippen LogP contribution in [0.25, 0.3) is 5.78 Å². The van der Waals surface area contributed by atoms with Crippen molar-refractivity contribution >= 4 is 11.7 Å². The van der Waals surface area contributed by atoms with Crippen LogP contribution in [0.2, 0.25) is 0 Å². The van der Waals surface area contributed by atoms with Crippen molar-refractivity contribution in [1.82, 2.24) is 24.5 Å². The zero-order valence-electron chi connectivity index (χ0n) is 17.6. The van der Waals surface area contributed by atoms with Gasteiger partial charge in [-0.05, 0) is 60.6 Å². The van der Waals surface area contributed by atoms with E-state index in [1.807, 2.05) is 0 Å². The molecule has 2 unspecified atom stereocenters. The first-order valence-corrected chi connectivity index (χ1v) is 11.0. The normalized spacial score (nSPS) is 29.5. The maximum atomic E-state index is 13.8. The third kappa shape index (κ3) is 4.14. The molecule has 1 N–H and O–H groups in total. The molecule has 1 saturated heterocycles. The van der Waals surface area contributed by atoms with Gasteiger partial charge in [-0.1, -0.05) is 6.08 Å². The third-order valence-corrected chi connectivity index (χ3v) is 7.07. The second-order valence-electron chi connectivity index (χ2n) is 9.13. The smallest absolute Gasteiger partial charge is 0.395 e. The first kappa shape index (κ1) is 22.0. The van der Waals surface area contributed by atoms with Crippen LogP contribution in [0.5, 0.6) is 0 Å². The number of nitrogens with zero attached hydrogens (tertiary/aromatic N) is 5. The first-order valence-electron chi connectivity index (χ1n) is 11.0. The molecule has 1 aliphatic heterocycles. The number of fused-ring (bicyclic) bond motifs is 2. The molecule has 2 aromatic heterocycles. The van der Waals surface area contributed by atoms with Gasteiger partial charge in [0.15, 0.2) is 0 Å². The number of likely N-dealkylation sites (tertiary alicyclic amines) is 1. The lowest BCUT2D eigenvalue weighted by Crippen LogP contribution is -2.35. The molecule has 176 valence electrons. The summed E-state index contributed by atoms with van der Waals surface area (Å²) in [4.78, 5) is 23.0. The average Bonchev–Trinajstić information content (AvgIpc) is 3.45. The van der Waals surface area contributed by atoms with Gasteiger partial charge in [0.25, 0.3) is 11.7 Å². The Balaban J connectivity index is 1.26. The monoisotopic (exact) mass is 465 g/mol. The van der Waals surface area contributed by atoms with Crippen molar-refractivity contribution < 1.29 is 27.5 Å². The van der Waals surface area contributed by atoms with E-state index in [4.69, 9.17) is 5.11 Å². The van der Waals surface area contributed by atoms with Crippen molar-refractivity contribution in [1.29, 1.82) is 0 Å². The van der Waals surface area contributed by atoms with E-state index in [-0.39, 0.29) is 41.9 Å². The fourth-order valence-electron chi connectivity index (χ4n) is 5.56. The van der Waals surface area contributed by atoms with E-state index in [2.05, 4.69) is 15.1 Å². The van der Waals surface area contributed by atoms with Gasteiger partial charge in [0.1, 0.15) is 5.83 Å². The van der Waals surface area contributed by atoms with E-state index in [1.54, 1.807) is 17.3 Å². The standard InChI is InChI=1S/C22H23F4N5O2/c23-16-1-2-18(22(24,25)26)17(7-16)13-5-14-10-30(11-15(14)6-13)20(33)19-28-21-27-8-12(3-4-32)9-31(21)29-19/h1-2,7-9,13-15,17-18,32H,3-6,10-11H2/t13-,14-,15+,17?,18?. The van der Waals surface area contributed by atoms with Crippen LogP contribution in [0.3, 0.4) is 0 Å². The highest BCUT2D eigenvalue weighted by molar-refractivity contribution is 5.91. The number of alkyl halides is 3. The van der Waals surface area contributed by atoms with Crippen molar-refractivity contribution in [3.63, 3.8) is 0 Å². The number of amides is 1. The Morgan fingerprint density at radius 1 is 1.18 bits per heavy atom. The van der Waals surface area contributed by atoms with E-state index in [0.29, 0.717) is 32.4 Å². The predicted octanol–water partition coefficient (Wildman–Crippen LogP) is 2.98. The molecular weight excluding hydrogens is 442 g/mol. The first-order chi connectivity index (χ1) is 15.7.